The summed E-state index contributed by atoms with van der Waals surface area (Å²) in [6.07, 6.45) is 1.76. The van der Waals surface area contributed by atoms with E-state index in [9.17, 15) is 4.39 Å². The van der Waals surface area contributed by atoms with Crippen molar-refractivity contribution in [3.63, 3.8) is 0 Å². The Balaban J connectivity index is 2.17. The lowest BCUT2D eigenvalue weighted by molar-refractivity contribution is 0.619. The number of aliphatic imine (C=N–C) groups is 1. The summed E-state index contributed by atoms with van der Waals surface area (Å²) < 4.78 is 14.6. The number of nitrogens with zero attached hydrogens (tertiary/aromatic N) is 3. The Hall–Kier alpha value is -1.84. The van der Waals surface area contributed by atoms with Crippen LogP contribution in [-0.2, 0) is 6.54 Å². The van der Waals surface area contributed by atoms with Gasteiger partial charge in [0.2, 0.25) is 0 Å². The summed E-state index contributed by atoms with van der Waals surface area (Å²) in [6.45, 7) is 0.505. The second-order valence-electron chi connectivity index (χ2n) is 3.20. The molecule has 0 saturated carbocycles. The van der Waals surface area contributed by atoms with E-state index in [2.05, 4.69) is 27.5 Å². The predicted molar refractivity (Wildman–Crippen MR) is 62.4 cm³/mol. The summed E-state index contributed by atoms with van der Waals surface area (Å²) in [5.74, 6) is 0.258. The van der Waals surface area contributed by atoms with Crippen LogP contribution in [0.25, 0.3) is 0 Å². The molecule has 0 aliphatic heterocycles. The minimum Gasteiger partial charge on any atom is -0.266 e. The number of hydrogen-bond acceptors (Lipinski definition) is 3. The molecule has 0 spiro atoms. The first-order valence-electron chi connectivity index (χ1n) is 4.64. The van der Waals surface area contributed by atoms with Gasteiger partial charge in [-0.1, -0.05) is 12.1 Å². The van der Waals surface area contributed by atoms with E-state index in [1.807, 2.05) is 6.07 Å². The van der Waals surface area contributed by atoms with Crippen LogP contribution in [0.1, 0.15) is 5.56 Å². The van der Waals surface area contributed by atoms with Crippen LogP contribution < -0.4 is 0 Å². The van der Waals surface area contributed by atoms with Gasteiger partial charge in [-0.05, 0) is 29.9 Å². The number of isothiocyanates is 1. The Morgan fingerprint density at radius 1 is 1.44 bits per heavy atom. The van der Waals surface area contributed by atoms with Gasteiger partial charge >= 0.3 is 0 Å². The van der Waals surface area contributed by atoms with Crippen molar-refractivity contribution >= 4 is 23.2 Å². The van der Waals surface area contributed by atoms with E-state index >= 15 is 0 Å². The molecule has 0 amide bonds. The third-order valence-corrected chi connectivity index (χ3v) is 2.11. The second-order valence-corrected chi connectivity index (χ2v) is 3.39. The van der Waals surface area contributed by atoms with Gasteiger partial charge in [0.25, 0.3) is 0 Å². The lowest BCUT2D eigenvalue weighted by Gasteiger charge is -2.01. The highest BCUT2D eigenvalue weighted by Crippen LogP contribution is 2.09. The zero-order valence-corrected chi connectivity index (χ0v) is 9.12. The standard InChI is InChI=1S/C11H8FN3S/c12-10-3-1-2-9(6-10)7-15-5-4-11(14-15)13-8-16/h1-6H,7H2. The molecule has 0 unspecified atom stereocenters. The number of benzene rings is 1. The highest BCUT2D eigenvalue weighted by molar-refractivity contribution is 7.78. The smallest absolute Gasteiger partial charge is 0.184 e. The fraction of sp³-hybridized carbons (Fsp3) is 0.0909. The first-order valence-corrected chi connectivity index (χ1v) is 5.04. The van der Waals surface area contributed by atoms with Crippen LogP contribution in [0.3, 0.4) is 0 Å². The van der Waals surface area contributed by atoms with Gasteiger partial charge in [-0.25, -0.2) is 4.39 Å². The summed E-state index contributed by atoms with van der Waals surface area (Å²) in [5.41, 5.74) is 0.848. The SMILES string of the molecule is Fc1cccc(Cn2ccc(N=C=S)n2)c1. The molecule has 0 aliphatic rings. The molecule has 5 heteroatoms. The molecule has 0 atom stereocenters. The Labute approximate surface area is 97.2 Å². The van der Waals surface area contributed by atoms with E-state index in [1.165, 1.54) is 12.1 Å². The van der Waals surface area contributed by atoms with Crippen LogP contribution in [0.2, 0.25) is 0 Å². The van der Waals surface area contributed by atoms with Gasteiger partial charge in [0, 0.05) is 12.3 Å². The Kier molecular flexibility index (Phi) is 3.19. The van der Waals surface area contributed by atoms with Gasteiger partial charge in [0.1, 0.15) is 5.82 Å². The molecule has 0 bridgehead atoms. The van der Waals surface area contributed by atoms with Crippen molar-refractivity contribution in [2.45, 2.75) is 6.54 Å². The Morgan fingerprint density at radius 3 is 3.06 bits per heavy atom. The van der Waals surface area contributed by atoms with Crippen LogP contribution in [0.15, 0.2) is 41.5 Å². The van der Waals surface area contributed by atoms with E-state index in [4.69, 9.17) is 0 Å². The lowest BCUT2D eigenvalue weighted by atomic mass is 10.2. The van der Waals surface area contributed by atoms with E-state index in [-0.39, 0.29) is 5.82 Å². The van der Waals surface area contributed by atoms with Gasteiger partial charge in [-0.2, -0.15) is 10.1 Å². The van der Waals surface area contributed by atoms with Crippen LogP contribution in [-0.4, -0.2) is 14.9 Å². The van der Waals surface area contributed by atoms with Crippen molar-refractivity contribution in [3.8, 4) is 0 Å². The van der Waals surface area contributed by atoms with E-state index in [1.54, 1.807) is 23.0 Å². The molecule has 0 radical (unpaired) electrons. The van der Waals surface area contributed by atoms with E-state index in [0.29, 0.717) is 12.4 Å². The average molecular weight is 233 g/mol. The molecule has 1 aromatic carbocycles. The minimum absolute atomic E-state index is 0.248. The zero-order valence-electron chi connectivity index (χ0n) is 8.30. The zero-order chi connectivity index (χ0) is 11.4. The summed E-state index contributed by atoms with van der Waals surface area (Å²) >= 11 is 4.47. The highest BCUT2D eigenvalue weighted by atomic mass is 32.1. The molecule has 2 aromatic rings. The highest BCUT2D eigenvalue weighted by Gasteiger charge is 1.99. The van der Waals surface area contributed by atoms with Gasteiger partial charge in [0.15, 0.2) is 5.82 Å². The van der Waals surface area contributed by atoms with Gasteiger partial charge in [0.05, 0.1) is 11.7 Å². The van der Waals surface area contributed by atoms with Crippen molar-refractivity contribution in [2.75, 3.05) is 0 Å². The van der Waals surface area contributed by atoms with Crippen LogP contribution in [0.4, 0.5) is 10.2 Å². The second kappa shape index (κ2) is 4.79. The van der Waals surface area contributed by atoms with E-state index in [0.717, 1.165) is 5.56 Å². The van der Waals surface area contributed by atoms with Crippen molar-refractivity contribution in [1.29, 1.82) is 0 Å². The fourth-order valence-electron chi connectivity index (χ4n) is 1.37. The number of hydrogen-bond donors (Lipinski definition) is 0. The molecule has 3 nitrogen and oxygen atoms in total. The average Bonchev–Trinajstić information content (AvgIpc) is 2.66. The van der Waals surface area contributed by atoms with E-state index < -0.39 is 0 Å². The summed E-state index contributed by atoms with van der Waals surface area (Å²) in [4.78, 5) is 3.75. The van der Waals surface area contributed by atoms with Crippen LogP contribution in [0.5, 0.6) is 0 Å². The van der Waals surface area contributed by atoms with Gasteiger partial charge in [-0.3, -0.25) is 4.68 Å². The predicted octanol–water partition coefficient (Wildman–Crippen LogP) is 2.80. The third-order valence-electron chi connectivity index (χ3n) is 2.02. The summed E-state index contributed by atoms with van der Waals surface area (Å²) in [6, 6.07) is 8.12. The maximum Gasteiger partial charge on any atom is 0.184 e. The Bertz CT molecular complexity index is 544. The molecule has 2 rings (SSSR count). The molecular formula is C11H8FN3S. The minimum atomic E-state index is -0.248. The molecule has 1 aromatic heterocycles. The van der Waals surface area contributed by atoms with Crippen LogP contribution >= 0.6 is 12.2 Å². The fourth-order valence-corrected chi connectivity index (χ4v) is 1.46. The van der Waals surface area contributed by atoms with Gasteiger partial charge in [-0.15, -0.1) is 0 Å². The molecule has 80 valence electrons. The van der Waals surface area contributed by atoms with Crippen molar-refractivity contribution in [1.82, 2.24) is 9.78 Å². The maximum atomic E-state index is 12.9. The quantitative estimate of drug-likeness (QED) is 0.602. The van der Waals surface area contributed by atoms with Crippen molar-refractivity contribution in [3.05, 3.63) is 47.9 Å². The molecule has 0 fully saturated rings. The maximum absolute atomic E-state index is 12.9. The normalized spacial score (nSPS) is 9.81. The number of halogens is 1. The van der Waals surface area contributed by atoms with Crippen molar-refractivity contribution in [2.24, 2.45) is 4.99 Å². The largest absolute Gasteiger partial charge is 0.266 e. The van der Waals surface area contributed by atoms with Gasteiger partial charge < -0.3 is 0 Å². The molecule has 16 heavy (non-hydrogen) atoms. The number of aromatic nitrogens is 2. The summed E-state index contributed by atoms with van der Waals surface area (Å²) in [5, 5.41) is 6.37. The molecule has 0 aliphatic carbocycles. The molecular weight excluding hydrogens is 225 g/mol. The summed E-state index contributed by atoms with van der Waals surface area (Å²) in [7, 11) is 0. The van der Waals surface area contributed by atoms with Crippen LogP contribution in [0, 0.1) is 5.82 Å². The van der Waals surface area contributed by atoms with Crippen molar-refractivity contribution < 1.29 is 4.39 Å². The number of thiocarbonyl (C=S) groups is 1. The molecule has 0 N–H and O–H groups in total. The Morgan fingerprint density at radius 2 is 2.31 bits per heavy atom. The third kappa shape index (κ3) is 2.59. The monoisotopic (exact) mass is 233 g/mol. The molecule has 0 saturated heterocycles. The lowest BCUT2D eigenvalue weighted by Crippen LogP contribution is -1.99. The first-order chi connectivity index (χ1) is 7.78. The first kappa shape index (κ1) is 10.7. The molecule has 1 heterocycles. The number of rotatable bonds is 3. The topological polar surface area (TPSA) is 30.2 Å².